The Hall–Kier alpha value is -0.350. The highest BCUT2D eigenvalue weighted by molar-refractivity contribution is 14.1. The Morgan fingerprint density at radius 2 is 2.16 bits per heavy atom. The quantitative estimate of drug-likeness (QED) is 0.327. The SMILES string of the molecule is C=CCCCCCC(NCCC)c1cccc(I)c1. The van der Waals surface area contributed by atoms with Crippen LogP contribution >= 0.6 is 22.6 Å². The monoisotopic (exact) mass is 371 g/mol. The second-order valence-corrected chi connectivity index (χ2v) is 6.23. The molecular weight excluding hydrogens is 345 g/mol. The van der Waals surface area contributed by atoms with Crippen LogP contribution in [0.15, 0.2) is 36.9 Å². The summed E-state index contributed by atoms with van der Waals surface area (Å²) in [6, 6.07) is 9.38. The van der Waals surface area contributed by atoms with Crippen molar-refractivity contribution in [2.45, 2.75) is 51.5 Å². The van der Waals surface area contributed by atoms with Crippen LogP contribution in [0.1, 0.15) is 57.1 Å². The molecule has 1 N–H and O–H groups in total. The van der Waals surface area contributed by atoms with Gasteiger partial charge in [-0.05, 0) is 72.5 Å². The molecule has 0 saturated heterocycles. The van der Waals surface area contributed by atoms with Crippen molar-refractivity contribution in [3.05, 3.63) is 46.1 Å². The maximum Gasteiger partial charge on any atom is 0.0320 e. The fourth-order valence-electron chi connectivity index (χ4n) is 2.24. The van der Waals surface area contributed by atoms with Crippen molar-refractivity contribution in [1.29, 1.82) is 0 Å². The highest BCUT2D eigenvalue weighted by Gasteiger charge is 2.10. The summed E-state index contributed by atoms with van der Waals surface area (Å²) in [7, 11) is 0. The van der Waals surface area contributed by atoms with Gasteiger partial charge in [0.1, 0.15) is 0 Å². The number of hydrogen-bond acceptors (Lipinski definition) is 1. The second-order valence-electron chi connectivity index (χ2n) is 4.99. The number of rotatable bonds is 10. The number of nitrogens with one attached hydrogen (secondary N) is 1. The summed E-state index contributed by atoms with van der Waals surface area (Å²) in [5.41, 5.74) is 1.43. The minimum atomic E-state index is 0.512. The summed E-state index contributed by atoms with van der Waals surface area (Å²) >= 11 is 2.39. The van der Waals surface area contributed by atoms with Crippen LogP contribution in [0, 0.1) is 3.57 Å². The molecule has 1 rings (SSSR count). The van der Waals surface area contributed by atoms with Crippen LogP contribution in [-0.4, -0.2) is 6.54 Å². The molecule has 0 saturated carbocycles. The minimum Gasteiger partial charge on any atom is -0.310 e. The van der Waals surface area contributed by atoms with Gasteiger partial charge in [0, 0.05) is 9.61 Å². The number of allylic oxidation sites excluding steroid dienone is 1. The fraction of sp³-hybridized carbons (Fsp3) is 0.529. The normalized spacial score (nSPS) is 12.3. The fourth-order valence-corrected chi connectivity index (χ4v) is 2.81. The van der Waals surface area contributed by atoms with Crippen molar-refractivity contribution in [2.75, 3.05) is 6.54 Å². The van der Waals surface area contributed by atoms with E-state index in [4.69, 9.17) is 0 Å². The molecule has 1 unspecified atom stereocenters. The van der Waals surface area contributed by atoms with E-state index in [-0.39, 0.29) is 0 Å². The molecule has 0 aliphatic carbocycles. The van der Waals surface area contributed by atoms with E-state index >= 15 is 0 Å². The van der Waals surface area contributed by atoms with Crippen LogP contribution in [0.4, 0.5) is 0 Å². The van der Waals surface area contributed by atoms with Gasteiger partial charge in [-0.2, -0.15) is 0 Å². The summed E-state index contributed by atoms with van der Waals surface area (Å²) < 4.78 is 1.32. The molecule has 0 fully saturated rings. The highest BCUT2D eigenvalue weighted by Crippen LogP contribution is 2.22. The van der Waals surface area contributed by atoms with Crippen molar-refractivity contribution < 1.29 is 0 Å². The van der Waals surface area contributed by atoms with Gasteiger partial charge in [-0.15, -0.1) is 6.58 Å². The van der Waals surface area contributed by atoms with Crippen molar-refractivity contribution in [3.8, 4) is 0 Å². The second kappa shape index (κ2) is 10.4. The average molecular weight is 371 g/mol. The van der Waals surface area contributed by atoms with E-state index in [9.17, 15) is 0 Å². The maximum atomic E-state index is 3.78. The zero-order chi connectivity index (χ0) is 13.9. The third kappa shape index (κ3) is 7.11. The summed E-state index contributed by atoms with van der Waals surface area (Å²) in [4.78, 5) is 0. The molecule has 1 atom stereocenters. The first-order chi connectivity index (χ1) is 9.27. The van der Waals surface area contributed by atoms with E-state index in [2.05, 4.69) is 65.7 Å². The molecule has 106 valence electrons. The van der Waals surface area contributed by atoms with Crippen molar-refractivity contribution in [2.24, 2.45) is 0 Å². The summed E-state index contributed by atoms with van der Waals surface area (Å²) in [5, 5.41) is 3.68. The van der Waals surface area contributed by atoms with Crippen LogP contribution in [0.5, 0.6) is 0 Å². The molecule has 0 aromatic heterocycles. The number of halogens is 1. The lowest BCUT2D eigenvalue weighted by Crippen LogP contribution is -2.22. The van der Waals surface area contributed by atoms with Crippen LogP contribution in [0.3, 0.4) is 0 Å². The van der Waals surface area contributed by atoms with Crippen LogP contribution in [-0.2, 0) is 0 Å². The molecule has 0 amide bonds. The number of benzene rings is 1. The zero-order valence-corrected chi connectivity index (χ0v) is 14.2. The van der Waals surface area contributed by atoms with Crippen LogP contribution in [0.25, 0.3) is 0 Å². The van der Waals surface area contributed by atoms with Crippen LogP contribution in [0.2, 0.25) is 0 Å². The lowest BCUT2D eigenvalue weighted by molar-refractivity contribution is 0.472. The Morgan fingerprint density at radius 1 is 1.32 bits per heavy atom. The molecule has 0 aliphatic rings. The van der Waals surface area contributed by atoms with Gasteiger partial charge in [-0.3, -0.25) is 0 Å². The molecule has 0 radical (unpaired) electrons. The first-order valence-electron chi connectivity index (χ1n) is 7.37. The molecule has 19 heavy (non-hydrogen) atoms. The van der Waals surface area contributed by atoms with Gasteiger partial charge in [0.15, 0.2) is 0 Å². The van der Waals surface area contributed by atoms with E-state index in [1.54, 1.807) is 0 Å². The van der Waals surface area contributed by atoms with Crippen molar-refractivity contribution in [3.63, 3.8) is 0 Å². The molecular formula is C17H26IN. The Morgan fingerprint density at radius 3 is 2.84 bits per heavy atom. The molecule has 1 aromatic rings. The summed E-state index contributed by atoms with van der Waals surface area (Å²) in [5.74, 6) is 0. The summed E-state index contributed by atoms with van der Waals surface area (Å²) in [6.07, 6.45) is 9.47. The van der Waals surface area contributed by atoms with Gasteiger partial charge < -0.3 is 5.32 Å². The first kappa shape index (κ1) is 16.7. The van der Waals surface area contributed by atoms with Crippen LogP contribution < -0.4 is 5.32 Å². The topological polar surface area (TPSA) is 12.0 Å². The van der Waals surface area contributed by atoms with E-state index < -0.39 is 0 Å². The lowest BCUT2D eigenvalue weighted by atomic mass is 10.00. The predicted molar refractivity (Wildman–Crippen MR) is 93.5 cm³/mol. The Kier molecular flexibility index (Phi) is 9.18. The molecule has 0 bridgehead atoms. The van der Waals surface area contributed by atoms with Crippen molar-refractivity contribution >= 4 is 22.6 Å². The zero-order valence-electron chi connectivity index (χ0n) is 12.0. The van der Waals surface area contributed by atoms with Gasteiger partial charge in [-0.1, -0.05) is 38.0 Å². The summed E-state index contributed by atoms with van der Waals surface area (Å²) in [6.45, 7) is 7.10. The van der Waals surface area contributed by atoms with Crippen molar-refractivity contribution in [1.82, 2.24) is 5.32 Å². The Bertz CT molecular complexity index is 362. The molecule has 0 spiro atoms. The van der Waals surface area contributed by atoms with Gasteiger partial charge in [0.2, 0.25) is 0 Å². The average Bonchev–Trinajstić information content (AvgIpc) is 2.42. The maximum absolute atomic E-state index is 3.78. The van der Waals surface area contributed by atoms with E-state index in [0.29, 0.717) is 6.04 Å². The third-order valence-electron chi connectivity index (χ3n) is 3.29. The van der Waals surface area contributed by atoms with E-state index in [1.807, 2.05) is 6.08 Å². The smallest absolute Gasteiger partial charge is 0.0320 e. The molecule has 1 nitrogen and oxygen atoms in total. The predicted octanol–water partition coefficient (Wildman–Crippen LogP) is 5.47. The number of hydrogen-bond donors (Lipinski definition) is 1. The highest BCUT2D eigenvalue weighted by atomic mass is 127. The van der Waals surface area contributed by atoms with E-state index in [0.717, 1.165) is 13.0 Å². The Labute approximate surface area is 132 Å². The standard InChI is InChI=1S/C17H26IN/c1-3-5-6-7-8-12-17(19-13-4-2)15-10-9-11-16(18)14-15/h3,9-11,14,17,19H,1,4-8,12-13H2,2H3. The first-order valence-corrected chi connectivity index (χ1v) is 8.45. The Balaban J connectivity index is 2.49. The van der Waals surface area contributed by atoms with Gasteiger partial charge in [0.05, 0.1) is 0 Å². The lowest BCUT2D eigenvalue weighted by Gasteiger charge is -2.19. The van der Waals surface area contributed by atoms with E-state index in [1.165, 1.54) is 41.2 Å². The largest absolute Gasteiger partial charge is 0.310 e. The molecule has 0 aliphatic heterocycles. The van der Waals surface area contributed by atoms with Gasteiger partial charge in [0.25, 0.3) is 0 Å². The minimum absolute atomic E-state index is 0.512. The molecule has 1 aromatic carbocycles. The molecule has 0 heterocycles. The third-order valence-corrected chi connectivity index (χ3v) is 3.96. The van der Waals surface area contributed by atoms with Gasteiger partial charge in [-0.25, -0.2) is 0 Å². The number of unbranched alkanes of at least 4 members (excludes halogenated alkanes) is 3. The molecule has 2 heteroatoms. The van der Waals surface area contributed by atoms with Gasteiger partial charge >= 0.3 is 0 Å².